The van der Waals surface area contributed by atoms with E-state index < -0.39 is 11.5 Å². The molecule has 2 aromatic carbocycles. The number of carboxylic acids is 1. The van der Waals surface area contributed by atoms with Gasteiger partial charge in [-0.2, -0.15) is 0 Å². The molecule has 6 heteroatoms. The topological polar surface area (TPSA) is 80.9 Å². The van der Waals surface area contributed by atoms with Crippen LogP contribution in [0.1, 0.15) is 13.8 Å². The van der Waals surface area contributed by atoms with Gasteiger partial charge in [-0.1, -0.05) is 36.4 Å². The van der Waals surface area contributed by atoms with E-state index in [1.54, 1.807) is 13.8 Å². The normalized spacial score (nSPS) is 11.7. The van der Waals surface area contributed by atoms with E-state index in [9.17, 15) is 9.90 Å². The van der Waals surface area contributed by atoms with Crippen LogP contribution in [0.5, 0.6) is 0 Å². The SMILES string of the molecule is CC(C)(C(=O)O)n1nnnc1-c1ccc2ccccc2c1. The van der Waals surface area contributed by atoms with Crippen LogP contribution in [0, 0.1) is 0 Å². The lowest BCUT2D eigenvalue weighted by Gasteiger charge is -2.20. The van der Waals surface area contributed by atoms with E-state index in [1.165, 1.54) is 4.68 Å². The highest BCUT2D eigenvalue weighted by atomic mass is 16.4. The summed E-state index contributed by atoms with van der Waals surface area (Å²) in [6.07, 6.45) is 0. The molecule has 1 N–H and O–H groups in total. The summed E-state index contributed by atoms with van der Waals surface area (Å²) >= 11 is 0. The van der Waals surface area contributed by atoms with Crippen LogP contribution in [0.2, 0.25) is 0 Å². The zero-order chi connectivity index (χ0) is 15.0. The van der Waals surface area contributed by atoms with E-state index >= 15 is 0 Å². The Morgan fingerprint density at radius 2 is 1.86 bits per heavy atom. The first-order valence-electron chi connectivity index (χ1n) is 6.51. The maximum Gasteiger partial charge on any atom is 0.331 e. The van der Waals surface area contributed by atoms with Crippen molar-refractivity contribution < 1.29 is 9.90 Å². The molecule has 0 bridgehead atoms. The Hall–Kier alpha value is -2.76. The van der Waals surface area contributed by atoms with Gasteiger partial charge in [0.05, 0.1) is 0 Å². The predicted octanol–water partition coefficient (Wildman–Crippen LogP) is 2.31. The molecule has 1 aromatic heterocycles. The third kappa shape index (κ3) is 2.14. The number of aromatic nitrogens is 4. The Bertz CT molecular complexity index is 823. The van der Waals surface area contributed by atoms with Crippen molar-refractivity contribution in [3.63, 3.8) is 0 Å². The Morgan fingerprint density at radius 1 is 1.14 bits per heavy atom. The van der Waals surface area contributed by atoms with Crippen molar-refractivity contribution in [1.29, 1.82) is 0 Å². The molecule has 1 heterocycles. The van der Waals surface area contributed by atoms with Crippen LogP contribution >= 0.6 is 0 Å². The second kappa shape index (κ2) is 4.66. The summed E-state index contributed by atoms with van der Waals surface area (Å²) in [6.45, 7) is 3.13. The molecular weight excluding hydrogens is 268 g/mol. The summed E-state index contributed by atoms with van der Waals surface area (Å²) in [6, 6.07) is 13.8. The third-order valence-corrected chi connectivity index (χ3v) is 3.53. The minimum absolute atomic E-state index is 0.438. The number of carboxylic acid groups (broad SMARTS) is 1. The standard InChI is InChI=1S/C15H14N4O2/c1-15(2,14(20)21)19-13(16-17-18-19)12-8-7-10-5-3-4-6-11(10)9-12/h3-9H,1-2H3,(H,20,21). The Balaban J connectivity index is 2.16. The first kappa shape index (κ1) is 13.2. The molecule has 3 rings (SSSR count). The fraction of sp³-hybridized carbons (Fsp3) is 0.200. The van der Waals surface area contributed by atoms with Gasteiger partial charge in [0, 0.05) is 5.56 Å². The van der Waals surface area contributed by atoms with Crippen molar-refractivity contribution in [3.05, 3.63) is 42.5 Å². The van der Waals surface area contributed by atoms with Crippen LogP contribution in [0.3, 0.4) is 0 Å². The summed E-state index contributed by atoms with van der Waals surface area (Å²) < 4.78 is 1.33. The molecule has 0 saturated heterocycles. The molecule has 0 saturated carbocycles. The molecule has 6 nitrogen and oxygen atoms in total. The zero-order valence-corrected chi connectivity index (χ0v) is 11.7. The molecule has 0 spiro atoms. The number of hydrogen-bond donors (Lipinski definition) is 1. The lowest BCUT2D eigenvalue weighted by molar-refractivity contribution is -0.146. The number of carbonyl (C=O) groups is 1. The molecule has 0 amide bonds. The zero-order valence-electron chi connectivity index (χ0n) is 11.7. The first-order valence-corrected chi connectivity index (χ1v) is 6.51. The van der Waals surface area contributed by atoms with Gasteiger partial charge in [0.1, 0.15) is 0 Å². The molecule has 0 atom stereocenters. The lowest BCUT2D eigenvalue weighted by Crippen LogP contribution is -2.37. The Labute approximate surface area is 121 Å². The van der Waals surface area contributed by atoms with Gasteiger partial charge >= 0.3 is 5.97 Å². The molecule has 0 aliphatic carbocycles. The third-order valence-electron chi connectivity index (χ3n) is 3.53. The minimum Gasteiger partial charge on any atom is -0.479 e. The van der Waals surface area contributed by atoms with Gasteiger partial charge < -0.3 is 5.11 Å². The van der Waals surface area contributed by atoms with Crippen LogP contribution in [-0.2, 0) is 10.3 Å². The number of fused-ring (bicyclic) bond motifs is 1. The highest BCUT2D eigenvalue weighted by molar-refractivity contribution is 5.86. The molecule has 0 unspecified atom stereocenters. The maximum atomic E-state index is 11.4. The average molecular weight is 282 g/mol. The van der Waals surface area contributed by atoms with E-state index in [1.807, 2.05) is 42.5 Å². The molecule has 0 aliphatic heterocycles. The first-order chi connectivity index (χ1) is 10.00. The number of rotatable bonds is 3. The lowest BCUT2D eigenvalue weighted by atomic mass is 10.0. The predicted molar refractivity (Wildman–Crippen MR) is 77.7 cm³/mol. The molecular formula is C15H14N4O2. The number of nitrogens with zero attached hydrogens (tertiary/aromatic N) is 4. The summed E-state index contributed by atoms with van der Waals surface area (Å²) in [5.41, 5.74) is -0.433. The quantitative estimate of drug-likeness (QED) is 0.797. The van der Waals surface area contributed by atoms with Crippen LogP contribution in [0.15, 0.2) is 42.5 Å². The van der Waals surface area contributed by atoms with E-state index in [4.69, 9.17) is 0 Å². The summed E-state index contributed by atoms with van der Waals surface area (Å²) in [5, 5.41) is 22.9. The van der Waals surface area contributed by atoms with E-state index in [-0.39, 0.29) is 0 Å². The largest absolute Gasteiger partial charge is 0.479 e. The Morgan fingerprint density at radius 3 is 2.57 bits per heavy atom. The fourth-order valence-electron chi connectivity index (χ4n) is 2.16. The van der Waals surface area contributed by atoms with Gasteiger partial charge in [-0.05, 0) is 41.1 Å². The molecule has 21 heavy (non-hydrogen) atoms. The molecule has 0 fully saturated rings. The summed E-state index contributed by atoms with van der Waals surface area (Å²) in [7, 11) is 0. The highest BCUT2D eigenvalue weighted by Crippen LogP contribution is 2.26. The second-order valence-corrected chi connectivity index (χ2v) is 5.34. The highest BCUT2D eigenvalue weighted by Gasteiger charge is 2.33. The van der Waals surface area contributed by atoms with Gasteiger partial charge in [-0.25, -0.2) is 9.48 Å². The van der Waals surface area contributed by atoms with E-state index in [2.05, 4.69) is 15.5 Å². The fourth-order valence-corrected chi connectivity index (χ4v) is 2.16. The van der Waals surface area contributed by atoms with Crippen molar-refractivity contribution in [2.24, 2.45) is 0 Å². The van der Waals surface area contributed by atoms with Crippen LogP contribution in [0.25, 0.3) is 22.2 Å². The van der Waals surface area contributed by atoms with E-state index in [0.29, 0.717) is 5.82 Å². The number of aliphatic carboxylic acids is 1. The maximum absolute atomic E-state index is 11.4. The van der Waals surface area contributed by atoms with Crippen LogP contribution < -0.4 is 0 Å². The van der Waals surface area contributed by atoms with Gasteiger partial charge in [-0.3, -0.25) is 0 Å². The van der Waals surface area contributed by atoms with Crippen LogP contribution in [0.4, 0.5) is 0 Å². The van der Waals surface area contributed by atoms with Crippen LogP contribution in [-0.4, -0.2) is 31.3 Å². The van der Waals surface area contributed by atoms with Gasteiger partial charge in [0.25, 0.3) is 0 Å². The summed E-state index contributed by atoms with van der Waals surface area (Å²) in [4.78, 5) is 11.4. The molecule has 0 radical (unpaired) electrons. The van der Waals surface area contributed by atoms with Crippen molar-refractivity contribution in [3.8, 4) is 11.4 Å². The number of tetrazole rings is 1. The van der Waals surface area contributed by atoms with Gasteiger partial charge in [0.15, 0.2) is 11.4 Å². The average Bonchev–Trinajstić information content (AvgIpc) is 2.96. The van der Waals surface area contributed by atoms with Crippen molar-refractivity contribution in [2.45, 2.75) is 19.4 Å². The van der Waals surface area contributed by atoms with Crippen molar-refractivity contribution in [2.75, 3.05) is 0 Å². The van der Waals surface area contributed by atoms with Crippen molar-refractivity contribution in [1.82, 2.24) is 20.2 Å². The number of benzene rings is 2. The molecule has 0 aliphatic rings. The monoisotopic (exact) mass is 282 g/mol. The van der Waals surface area contributed by atoms with E-state index in [0.717, 1.165) is 16.3 Å². The minimum atomic E-state index is -1.22. The Kier molecular flexibility index (Phi) is 2.94. The summed E-state index contributed by atoms with van der Waals surface area (Å²) in [5.74, 6) is -0.551. The molecule has 106 valence electrons. The van der Waals surface area contributed by atoms with Crippen molar-refractivity contribution >= 4 is 16.7 Å². The molecule has 3 aromatic rings. The smallest absolute Gasteiger partial charge is 0.331 e. The van der Waals surface area contributed by atoms with Gasteiger partial charge in [-0.15, -0.1) is 5.10 Å². The number of hydrogen-bond acceptors (Lipinski definition) is 4. The van der Waals surface area contributed by atoms with Gasteiger partial charge in [0.2, 0.25) is 0 Å². The second-order valence-electron chi connectivity index (χ2n) is 5.34.